The molecule has 2 N–H and O–H groups in total. The van der Waals surface area contributed by atoms with Crippen molar-refractivity contribution in [2.75, 3.05) is 18.8 Å². The average Bonchev–Trinajstić information content (AvgIpc) is 3.24. The number of amides is 1. The molecule has 25 heavy (non-hydrogen) atoms. The molecule has 0 spiro atoms. The van der Waals surface area contributed by atoms with E-state index in [4.69, 9.17) is 0 Å². The van der Waals surface area contributed by atoms with E-state index in [-0.39, 0.29) is 17.7 Å². The maximum Gasteiger partial charge on any atom is 0.272 e. The smallest absolute Gasteiger partial charge is 0.272 e. The molecule has 9 heteroatoms. The third-order valence-electron chi connectivity index (χ3n) is 4.36. The Labute approximate surface area is 151 Å². The Morgan fingerprint density at radius 2 is 2.12 bits per heavy atom. The molecule has 0 radical (unpaired) electrons. The second-order valence-corrected chi connectivity index (χ2v) is 9.67. The Kier molecular flexibility index (Phi) is 5.26. The average molecular weight is 383 g/mol. The lowest BCUT2D eigenvalue weighted by molar-refractivity contribution is 0.0918. The van der Waals surface area contributed by atoms with Crippen LogP contribution in [-0.4, -0.2) is 53.7 Å². The number of thiophene rings is 1. The molecule has 1 aliphatic heterocycles. The molecule has 0 bridgehead atoms. The van der Waals surface area contributed by atoms with Crippen LogP contribution in [0.15, 0.2) is 18.2 Å². The van der Waals surface area contributed by atoms with Crippen LogP contribution in [0.1, 0.15) is 35.1 Å². The molecule has 3 heterocycles. The molecule has 2 aromatic rings. The highest BCUT2D eigenvalue weighted by Gasteiger charge is 2.28. The topological polar surface area (TPSA) is 95.2 Å². The normalized spacial score (nSPS) is 16.9. The molecule has 1 amide bonds. The zero-order valence-electron chi connectivity index (χ0n) is 14.3. The van der Waals surface area contributed by atoms with Crippen molar-refractivity contribution in [1.29, 1.82) is 0 Å². The third kappa shape index (κ3) is 4.10. The van der Waals surface area contributed by atoms with E-state index in [0.29, 0.717) is 31.6 Å². The fourth-order valence-corrected chi connectivity index (χ4v) is 4.83. The van der Waals surface area contributed by atoms with Gasteiger partial charge in [-0.05, 0) is 44.9 Å². The molecular formula is C16H22N4O3S2. The lowest BCUT2D eigenvalue weighted by Crippen LogP contribution is -2.46. The first-order chi connectivity index (χ1) is 11.9. The van der Waals surface area contributed by atoms with E-state index < -0.39 is 10.0 Å². The molecule has 136 valence electrons. The van der Waals surface area contributed by atoms with Crippen molar-refractivity contribution in [1.82, 2.24) is 19.8 Å². The highest BCUT2D eigenvalue weighted by atomic mass is 32.2. The summed E-state index contributed by atoms with van der Waals surface area (Å²) >= 11 is 1.64. The van der Waals surface area contributed by atoms with Crippen LogP contribution in [-0.2, 0) is 10.0 Å². The minimum Gasteiger partial charge on any atom is -0.348 e. The highest BCUT2D eigenvalue weighted by molar-refractivity contribution is 7.89. The van der Waals surface area contributed by atoms with Gasteiger partial charge in [0.1, 0.15) is 0 Å². The van der Waals surface area contributed by atoms with Crippen LogP contribution in [0.4, 0.5) is 0 Å². The number of aromatic nitrogens is 2. The van der Waals surface area contributed by atoms with Crippen LogP contribution in [0.25, 0.3) is 10.6 Å². The molecule has 1 aliphatic rings. The van der Waals surface area contributed by atoms with Crippen molar-refractivity contribution < 1.29 is 13.2 Å². The van der Waals surface area contributed by atoms with E-state index in [1.165, 1.54) is 9.18 Å². The third-order valence-corrected chi connectivity index (χ3v) is 7.28. The zero-order chi connectivity index (χ0) is 18.0. The predicted molar refractivity (Wildman–Crippen MR) is 98.2 cm³/mol. The molecule has 1 saturated heterocycles. The number of rotatable bonds is 5. The Morgan fingerprint density at radius 1 is 1.40 bits per heavy atom. The van der Waals surface area contributed by atoms with E-state index >= 15 is 0 Å². The summed E-state index contributed by atoms with van der Waals surface area (Å²) in [6.45, 7) is 4.57. The van der Waals surface area contributed by atoms with Crippen LogP contribution in [0.2, 0.25) is 0 Å². The Bertz CT molecular complexity index is 848. The van der Waals surface area contributed by atoms with Gasteiger partial charge in [-0.1, -0.05) is 0 Å². The quantitative estimate of drug-likeness (QED) is 0.827. The molecule has 2 aromatic heterocycles. The second-order valence-electron chi connectivity index (χ2n) is 6.12. The summed E-state index contributed by atoms with van der Waals surface area (Å²) in [6.07, 6.45) is 1.23. The van der Waals surface area contributed by atoms with Gasteiger partial charge in [-0.15, -0.1) is 11.3 Å². The van der Waals surface area contributed by atoms with E-state index in [1.807, 2.05) is 19.1 Å². The number of carbonyl (C=O) groups excluding carboxylic acids is 1. The largest absolute Gasteiger partial charge is 0.348 e. The fraction of sp³-hybridized carbons (Fsp3) is 0.500. The van der Waals surface area contributed by atoms with Crippen LogP contribution in [0.3, 0.4) is 0 Å². The Hall–Kier alpha value is -1.71. The first kappa shape index (κ1) is 18.1. The zero-order valence-corrected chi connectivity index (χ0v) is 15.9. The van der Waals surface area contributed by atoms with Gasteiger partial charge in [-0.2, -0.15) is 5.10 Å². The van der Waals surface area contributed by atoms with E-state index in [9.17, 15) is 13.2 Å². The molecule has 0 aliphatic carbocycles. The number of aryl methyl sites for hydroxylation is 1. The highest BCUT2D eigenvalue weighted by Crippen LogP contribution is 2.26. The van der Waals surface area contributed by atoms with E-state index in [1.54, 1.807) is 24.3 Å². The number of hydrogen-bond acceptors (Lipinski definition) is 5. The number of carbonyl (C=O) groups is 1. The van der Waals surface area contributed by atoms with Crippen molar-refractivity contribution in [3.8, 4) is 10.6 Å². The molecule has 0 aromatic carbocycles. The van der Waals surface area contributed by atoms with Crippen LogP contribution in [0, 0.1) is 6.92 Å². The van der Waals surface area contributed by atoms with E-state index in [2.05, 4.69) is 15.5 Å². The number of aromatic amines is 1. The standard InChI is InChI=1S/C16H22N4O3S2/c1-3-25(22,23)20-8-6-12(7-9-20)17-16(21)14-10-13(18-19-14)15-5-4-11(2)24-15/h4-5,10,12H,3,6-9H2,1-2H3,(H,17,21)(H,18,19). The van der Waals surface area contributed by atoms with Crippen LogP contribution < -0.4 is 5.32 Å². The van der Waals surface area contributed by atoms with Gasteiger partial charge in [0, 0.05) is 24.0 Å². The number of H-pyrrole nitrogens is 1. The van der Waals surface area contributed by atoms with Crippen molar-refractivity contribution in [2.24, 2.45) is 0 Å². The first-order valence-corrected chi connectivity index (χ1v) is 10.7. The summed E-state index contributed by atoms with van der Waals surface area (Å²) in [5.41, 5.74) is 1.18. The van der Waals surface area contributed by atoms with Crippen molar-refractivity contribution >= 4 is 27.3 Å². The number of piperidine rings is 1. The first-order valence-electron chi connectivity index (χ1n) is 8.30. The van der Waals surface area contributed by atoms with Gasteiger partial charge in [0.05, 0.1) is 16.3 Å². The fourth-order valence-electron chi connectivity index (χ4n) is 2.86. The summed E-state index contributed by atoms with van der Waals surface area (Å²) < 4.78 is 25.2. The molecular weight excluding hydrogens is 360 g/mol. The SMILES string of the molecule is CCS(=O)(=O)N1CCC(NC(=O)c2cc(-c3ccc(C)s3)[nH]n2)CC1. The number of hydrogen-bond donors (Lipinski definition) is 2. The lowest BCUT2D eigenvalue weighted by Gasteiger charge is -2.31. The molecule has 0 atom stereocenters. The lowest BCUT2D eigenvalue weighted by atomic mass is 10.1. The van der Waals surface area contributed by atoms with Gasteiger partial charge < -0.3 is 5.32 Å². The van der Waals surface area contributed by atoms with Crippen LogP contribution >= 0.6 is 11.3 Å². The van der Waals surface area contributed by atoms with E-state index in [0.717, 1.165) is 10.6 Å². The molecule has 0 unspecified atom stereocenters. The summed E-state index contributed by atoms with van der Waals surface area (Å²) in [5, 5.41) is 9.95. The molecule has 0 saturated carbocycles. The summed E-state index contributed by atoms with van der Waals surface area (Å²) in [6, 6.07) is 5.75. The predicted octanol–water partition coefficient (Wildman–Crippen LogP) is 1.99. The van der Waals surface area contributed by atoms with Gasteiger partial charge in [0.15, 0.2) is 5.69 Å². The van der Waals surface area contributed by atoms with Crippen molar-refractivity contribution in [3.63, 3.8) is 0 Å². The Balaban J connectivity index is 1.58. The Morgan fingerprint density at radius 3 is 2.72 bits per heavy atom. The maximum atomic E-state index is 12.4. The molecule has 1 fully saturated rings. The van der Waals surface area contributed by atoms with Gasteiger partial charge in [-0.3, -0.25) is 9.89 Å². The van der Waals surface area contributed by atoms with Gasteiger partial charge in [0.2, 0.25) is 10.0 Å². The van der Waals surface area contributed by atoms with Gasteiger partial charge >= 0.3 is 0 Å². The van der Waals surface area contributed by atoms with Crippen LogP contribution in [0.5, 0.6) is 0 Å². The number of sulfonamides is 1. The van der Waals surface area contributed by atoms with Gasteiger partial charge in [0.25, 0.3) is 5.91 Å². The number of nitrogens with zero attached hydrogens (tertiary/aromatic N) is 2. The minimum absolute atomic E-state index is 0.0278. The van der Waals surface area contributed by atoms with Gasteiger partial charge in [-0.25, -0.2) is 12.7 Å². The van der Waals surface area contributed by atoms with Crippen molar-refractivity contribution in [2.45, 2.75) is 32.7 Å². The maximum absolute atomic E-state index is 12.4. The van der Waals surface area contributed by atoms with Crippen molar-refractivity contribution in [3.05, 3.63) is 28.8 Å². The molecule has 7 nitrogen and oxygen atoms in total. The summed E-state index contributed by atoms with van der Waals surface area (Å²) in [4.78, 5) is 14.6. The minimum atomic E-state index is -3.15. The summed E-state index contributed by atoms with van der Waals surface area (Å²) in [5.74, 6) is -0.116. The summed E-state index contributed by atoms with van der Waals surface area (Å²) in [7, 11) is -3.15. The second kappa shape index (κ2) is 7.27. The monoisotopic (exact) mass is 382 g/mol. The number of nitrogens with one attached hydrogen (secondary N) is 2. The molecule has 3 rings (SSSR count).